The summed E-state index contributed by atoms with van der Waals surface area (Å²) >= 11 is 0. The van der Waals surface area contributed by atoms with Crippen LogP contribution < -0.4 is 0 Å². The lowest BCUT2D eigenvalue weighted by Crippen LogP contribution is -2.00. The van der Waals surface area contributed by atoms with Crippen LogP contribution in [0.3, 0.4) is 0 Å². The average molecular weight is 414 g/mol. The fourth-order valence-corrected chi connectivity index (χ4v) is 3.20. The number of ketones is 1. The highest BCUT2D eigenvalue weighted by atomic mass is 16.4. The first kappa shape index (κ1) is 21.7. The number of hydrogen-bond acceptors (Lipinski definition) is 4. The third-order valence-electron chi connectivity index (χ3n) is 4.47. The number of nitrogens with zero attached hydrogens (tertiary/aromatic N) is 1. The molecule has 0 aliphatic heterocycles. The Labute approximate surface area is 179 Å². The Morgan fingerprint density at radius 3 is 2.48 bits per heavy atom. The molecule has 4 aromatic rings. The number of pyridine rings is 1. The molecule has 156 valence electrons. The number of hydrogen-bond donors (Lipinski definition) is 2. The molecule has 0 bridgehead atoms. The van der Waals surface area contributed by atoms with Crippen molar-refractivity contribution >= 4 is 28.9 Å². The van der Waals surface area contributed by atoms with Crippen molar-refractivity contribution < 1.29 is 19.4 Å². The van der Waals surface area contributed by atoms with Gasteiger partial charge in [-0.1, -0.05) is 48.5 Å². The minimum atomic E-state index is -1.00. The number of carbonyl (C=O) groups excluding carboxylic acids is 1. The van der Waals surface area contributed by atoms with E-state index in [1.54, 1.807) is 38.7 Å². The minimum Gasteiger partial charge on any atom is -0.478 e. The number of carbonyl (C=O) groups is 2. The number of rotatable bonds is 5. The average Bonchev–Trinajstić information content (AvgIpc) is 3.23. The van der Waals surface area contributed by atoms with E-state index in [0.29, 0.717) is 16.8 Å². The standard InChI is InChI=1S/C23H16N2O3.C2H6O/c26-20(27)10-9-15-5-4-8-17(13-15)18-11-12-24-23-21(18)19(14-25-23)22(28)16-6-2-1-3-7-16;1-3-2/h1-14H,(H,24,25)(H,26,27);1-2H3/b10-9+;. The Morgan fingerprint density at radius 1 is 1.03 bits per heavy atom. The van der Waals surface area contributed by atoms with Crippen molar-refractivity contribution in [3.8, 4) is 11.1 Å². The second kappa shape index (κ2) is 10.1. The number of aliphatic carboxylic acids is 1. The summed E-state index contributed by atoms with van der Waals surface area (Å²) in [4.78, 5) is 31.2. The van der Waals surface area contributed by atoms with E-state index in [0.717, 1.165) is 28.2 Å². The molecule has 0 fully saturated rings. The number of fused-ring (bicyclic) bond motifs is 1. The van der Waals surface area contributed by atoms with Gasteiger partial charge in [-0.2, -0.15) is 0 Å². The predicted octanol–water partition coefficient (Wildman–Crippen LogP) is 4.82. The summed E-state index contributed by atoms with van der Waals surface area (Å²) in [6, 6.07) is 18.5. The predicted molar refractivity (Wildman–Crippen MR) is 121 cm³/mol. The highest BCUT2D eigenvalue weighted by molar-refractivity contribution is 6.18. The summed E-state index contributed by atoms with van der Waals surface area (Å²) in [5.74, 6) is -1.08. The Balaban J connectivity index is 0.000000858. The topological polar surface area (TPSA) is 92.3 Å². The largest absolute Gasteiger partial charge is 0.478 e. The molecular weight excluding hydrogens is 392 g/mol. The second-order valence-electron chi connectivity index (χ2n) is 6.68. The molecule has 2 N–H and O–H groups in total. The number of methoxy groups -OCH3 is 1. The number of aromatic nitrogens is 2. The molecule has 0 saturated carbocycles. The van der Waals surface area contributed by atoms with Gasteiger partial charge >= 0.3 is 5.97 Å². The zero-order valence-corrected chi connectivity index (χ0v) is 17.2. The van der Waals surface area contributed by atoms with Crippen LogP contribution in [-0.2, 0) is 9.53 Å². The fraction of sp³-hybridized carbons (Fsp3) is 0.0800. The van der Waals surface area contributed by atoms with Gasteiger partial charge in [-0.25, -0.2) is 9.78 Å². The van der Waals surface area contributed by atoms with Crippen LogP contribution in [0.1, 0.15) is 21.5 Å². The summed E-state index contributed by atoms with van der Waals surface area (Å²) in [6.07, 6.45) is 6.01. The molecular formula is C25H22N2O4. The van der Waals surface area contributed by atoms with Crippen LogP contribution in [-0.4, -0.2) is 41.0 Å². The van der Waals surface area contributed by atoms with Gasteiger partial charge in [0.15, 0.2) is 5.78 Å². The van der Waals surface area contributed by atoms with E-state index in [2.05, 4.69) is 14.7 Å². The Morgan fingerprint density at radius 2 is 1.77 bits per heavy atom. The van der Waals surface area contributed by atoms with Crippen LogP contribution in [0, 0.1) is 0 Å². The molecule has 0 aliphatic carbocycles. The summed E-state index contributed by atoms with van der Waals surface area (Å²) in [6.45, 7) is 0. The molecule has 6 nitrogen and oxygen atoms in total. The van der Waals surface area contributed by atoms with Crippen molar-refractivity contribution in [3.05, 3.63) is 95.8 Å². The van der Waals surface area contributed by atoms with Gasteiger partial charge in [0.05, 0.1) is 5.56 Å². The molecule has 0 atom stereocenters. The molecule has 2 heterocycles. The van der Waals surface area contributed by atoms with Gasteiger partial charge in [0.25, 0.3) is 0 Å². The third kappa shape index (κ3) is 5.12. The van der Waals surface area contributed by atoms with E-state index >= 15 is 0 Å². The van der Waals surface area contributed by atoms with Gasteiger partial charge in [-0.3, -0.25) is 4.79 Å². The van der Waals surface area contributed by atoms with E-state index in [1.165, 1.54) is 6.08 Å². The summed E-state index contributed by atoms with van der Waals surface area (Å²) in [7, 11) is 3.25. The van der Waals surface area contributed by atoms with Crippen LogP contribution >= 0.6 is 0 Å². The maximum Gasteiger partial charge on any atom is 0.328 e. The Bertz CT molecular complexity index is 1230. The molecule has 2 aromatic heterocycles. The van der Waals surface area contributed by atoms with E-state index in [9.17, 15) is 9.59 Å². The molecule has 0 spiro atoms. The molecule has 0 radical (unpaired) electrons. The van der Waals surface area contributed by atoms with Crippen molar-refractivity contribution in [2.75, 3.05) is 14.2 Å². The van der Waals surface area contributed by atoms with Crippen molar-refractivity contribution in [2.24, 2.45) is 0 Å². The zero-order chi connectivity index (χ0) is 22.2. The van der Waals surface area contributed by atoms with Gasteiger partial charge in [-0.15, -0.1) is 0 Å². The van der Waals surface area contributed by atoms with Crippen LogP contribution in [0.5, 0.6) is 0 Å². The highest BCUT2D eigenvalue weighted by Gasteiger charge is 2.18. The first-order chi connectivity index (χ1) is 15.0. The van der Waals surface area contributed by atoms with Crippen LogP contribution in [0.2, 0.25) is 0 Å². The van der Waals surface area contributed by atoms with Crippen LogP contribution in [0.4, 0.5) is 0 Å². The number of H-pyrrole nitrogens is 1. The Kier molecular flexibility index (Phi) is 7.09. The van der Waals surface area contributed by atoms with Crippen molar-refractivity contribution in [3.63, 3.8) is 0 Å². The minimum absolute atomic E-state index is 0.0805. The van der Waals surface area contributed by atoms with Crippen molar-refractivity contribution in [1.82, 2.24) is 9.97 Å². The lowest BCUT2D eigenvalue weighted by molar-refractivity contribution is -0.131. The SMILES string of the molecule is COC.O=C(O)/C=C/c1cccc(-c2ccnc3[nH]cc(C(=O)c4ccccc4)c23)c1. The number of ether oxygens (including phenoxy) is 1. The van der Waals surface area contributed by atoms with Gasteiger partial charge in [0.1, 0.15) is 5.65 Å². The summed E-state index contributed by atoms with van der Waals surface area (Å²) in [5.41, 5.74) is 4.28. The molecule has 6 heteroatoms. The van der Waals surface area contributed by atoms with Gasteiger partial charge in [-0.05, 0) is 34.9 Å². The molecule has 31 heavy (non-hydrogen) atoms. The molecule has 0 unspecified atom stereocenters. The number of benzene rings is 2. The maximum atomic E-state index is 13.0. The zero-order valence-electron chi connectivity index (χ0n) is 17.2. The van der Waals surface area contributed by atoms with E-state index < -0.39 is 5.97 Å². The second-order valence-corrected chi connectivity index (χ2v) is 6.68. The van der Waals surface area contributed by atoms with Crippen molar-refractivity contribution in [2.45, 2.75) is 0 Å². The van der Waals surface area contributed by atoms with E-state index in [4.69, 9.17) is 5.11 Å². The molecule has 0 amide bonds. The number of carboxylic acid groups (broad SMARTS) is 1. The maximum absolute atomic E-state index is 13.0. The molecule has 0 saturated heterocycles. The normalized spacial score (nSPS) is 10.6. The lowest BCUT2D eigenvalue weighted by atomic mass is 9.96. The van der Waals surface area contributed by atoms with Crippen LogP contribution in [0.15, 0.2) is 79.1 Å². The van der Waals surface area contributed by atoms with Gasteiger partial charge < -0.3 is 14.8 Å². The number of carboxylic acids is 1. The molecule has 0 aliphatic rings. The van der Waals surface area contributed by atoms with Gasteiger partial charge in [0.2, 0.25) is 0 Å². The monoisotopic (exact) mass is 414 g/mol. The van der Waals surface area contributed by atoms with Crippen LogP contribution in [0.25, 0.3) is 28.2 Å². The third-order valence-corrected chi connectivity index (χ3v) is 4.47. The van der Waals surface area contributed by atoms with Crippen molar-refractivity contribution in [1.29, 1.82) is 0 Å². The van der Waals surface area contributed by atoms with Gasteiger partial charge in [0, 0.05) is 43.6 Å². The highest BCUT2D eigenvalue weighted by Crippen LogP contribution is 2.31. The van der Waals surface area contributed by atoms with E-state index in [1.807, 2.05) is 48.5 Å². The first-order valence-electron chi connectivity index (χ1n) is 9.52. The lowest BCUT2D eigenvalue weighted by Gasteiger charge is -2.07. The summed E-state index contributed by atoms with van der Waals surface area (Å²) < 4.78 is 4.25. The molecule has 4 rings (SSSR count). The fourth-order valence-electron chi connectivity index (χ4n) is 3.20. The first-order valence-corrected chi connectivity index (χ1v) is 9.52. The number of aromatic amines is 1. The molecule has 2 aromatic carbocycles. The quantitative estimate of drug-likeness (QED) is 0.361. The smallest absolute Gasteiger partial charge is 0.328 e. The Hall–Kier alpha value is -4.03. The number of nitrogens with one attached hydrogen (secondary N) is 1. The van der Waals surface area contributed by atoms with E-state index in [-0.39, 0.29) is 5.78 Å². The summed E-state index contributed by atoms with van der Waals surface area (Å²) in [5, 5.41) is 9.59.